The molecule has 0 saturated carbocycles. The van der Waals surface area contributed by atoms with Crippen molar-refractivity contribution in [2.24, 2.45) is 0 Å². The smallest absolute Gasteiger partial charge is 0.203 e. The predicted octanol–water partition coefficient (Wildman–Crippen LogP) is 5.40. The van der Waals surface area contributed by atoms with Crippen molar-refractivity contribution in [3.8, 4) is 34.4 Å². The van der Waals surface area contributed by atoms with Crippen LogP contribution in [0.4, 0.5) is 0 Å². The van der Waals surface area contributed by atoms with Gasteiger partial charge in [-0.1, -0.05) is 30.3 Å². The Balaban J connectivity index is 1.91. The molecule has 0 amide bonds. The van der Waals surface area contributed by atoms with Crippen LogP contribution in [0.15, 0.2) is 60.7 Å². The Hall–Kier alpha value is -3.38. The van der Waals surface area contributed by atoms with Crippen molar-refractivity contribution in [1.82, 2.24) is 9.55 Å². The topological polar surface area (TPSA) is 54.7 Å². The zero-order valence-corrected chi connectivity index (χ0v) is 19.1. The molecule has 0 aliphatic heterocycles. The van der Waals surface area contributed by atoms with E-state index < -0.39 is 0 Å². The van der Waals surface area contributed by atoms with Crippen LogP contribution in [-0.2, 0) is 6.54 Å². The molecular weight excluding hydrogens is 428 g/mol. The predicted molar refractivity (Wildman–Crippen MR) is 127 cm³/mol. The standard InChI is InChI=1S/C25H25ClN2O4/c1-29-22-13-18(14-23(30-2)24(22)31-3)25-27-20-10-9-19(32-12-11-26)15-21(20)28(25)16-17-7-5-4-6-8-17/h4-10,13-15H,11-12,16H2,1-3H3. The Bertz CT molecular complexity index is 1180. The van der Waals surface area contributed by atoms with Crippen LogP contribution in [0, 0.1) is 0 Å². The molecule has 0 saturated heterocycles. The second-order valence-electron chi connectivity index (χ2n) is 7.11. The maximum atomic E-state index is 5.80. The molecule has 6 nitrogen and oxygen atoms in total. The van der Waals surface area contributed by atoms with Crippen LogP contribution in [0.3, 0.4) is 0 Å². The lowest BCUT2D eigenvalue weighted by atomic mass is 10.1. The Morgan fingerprint density at radius 1 is 0.875 bits per heavy atom. The van der Waals surface area contributed by atoms with Crippen LogP contribution >= 0.6 is 11.6 Å². The monoisotopic (exact) mass is 452 g/mol. The molecule has 0 fully saturated rings. The van der Waals surface area contributed by atoms with Gasteiger partial charge in [0.25, 0.3) is 0 Å². The van der Waals surface area contributed by atoms with E-state index in [1.54, 1.807) is 21.3 Å². The lowest BCUT2D eigenvalue weighted by Gasteiger charge is -2.15. The third-order valence-corrected chi connectivity index (χ3v) is 5.33. The summed E-state index contributed by atoms with van der Waals surface area (Å²) in [7, 11) is 4.80. The van der Waals surface area contributed by atoms with Gasteiger partial charge < -0.3 is 23.5 Å². The first-order chi connectivity index (χ1) is 15.7. The number of alkyl halides is 1. The van der Waals surface area contributed by atoms with Gasteiger partial charge in [0.15, 0.2) is 11.5 Å². The number of benzene rings is 3. The van der Waals surface area contributed by atoms with Crippen molar-refractivity contribution in [2.75, 3.05) is 33.8 Å². The summed E-state index contributed by atoms with van der Waals surface area (Å²) in [6, 6.07) is 20.0. The van der Waals surface area contributed by atoms with Gasteiger partial charge in [-0.15, -0.1) is 11.6 Å². The minimum atomic E-state index is 0.429. The van der Waals surface area contributed by atoms with Gasteiger partial charge in [0, 0.05) is 18.2 Å². The number of ether oxygens (including phenoxy) is 4. The van der Waals surface area contributed by atoms with Crippen LogP contribution < -0.4 is 18.9 Å². The molecule has 32 heavy (non-hydrogen) atoms. The van der Waals surface area contributed by atoms with E-state index >= 15 is 0 Å². The van der Waals surface area contributed by atoms with Gasteiger partial charge in [-0.25, -0.2) is 4.98 Å². The van der Waals surface area contributed by atoms with E-state index in [9.17, 15) is 0 Å². The highest BCUT2D eigenvalue weighted by Crippen LogP contribution is 2.41. The Morgan fingerprint density at radius 3 is 2.22 bits per heavy atom. The van der Waals surface area contributed by atoms with Crippen molar-refractivity contribution in [1.29, 1.82) is 0 Å². The molecular formula is C25H25ClN2O4. The molecule has 4 aromatic rings. The fourth-order valence-corrected chi connectivity index (χ4v) is 3.78. The fourth-order valence-electron chi connectivity index (χ4n) is 3.71. The summed E-state index contributed by atoms with van der Waals surface area (Å²) < 4.78 is 24.5. The second kappa shape index (κ2) is 9.83. The van der Waals surface area contributed by atoms with E-state index in [-0.39, 0.29) is 0 Å². The van der Waals surface area contributed by atoms with E-state index in [0.717, 1.165) is 33.7 Å². The molecule has 166 valence electrons. The maximum Gasteiger partial charge on any atom is 0.203 e. The first-order valence-corrected chi connectivity index (χ1v) is 10.7. The maximum absolute atomic E-state index is 5.80. The van der Waals surface area contributed by atoms with Crippen LogP contribution in [0.25, 0.3) is 22.4 Å². The van der Waals surface area contributed by atoms with E-state index in [2.05, 4.69) is 16.7 Å². The molecule has 0 bridgehead atoms. The highest BCUT2D eigenvalue weighted by Gasteiger charge is 2.19. The molecule has 0 radical (unpaired) electrons. The van der Waals surface area contributed by atoms with Crippen molar-refractivity contribution in [3.05, 3.63) is 66.2 Å². The summed E-state index contributed by atoms with van der Waals surface area (Å²) in [5.41, 5.74) is 3.84. The molecule has 1 aromatic heterocycles. The molecule has 0 N–H and O–H groups in total. The summed E-state index contributed by atoms with van der Waals surface area (Å²) in [6.07, 6.45) is 0. The molecule has 7 heteroatoms. The third-order valence-electron chi connectivity index (χ3n) is 5.17. The Morgan fingerprint density at radius 2 is 1.59 bits per heavy atom. The Kier molecular flexibility index (Phi) is 6.71. The lowest BCUT2D eigenvalue weighted by Crippen LogP contribution is -2.04. The minimum Gasteiger partial charge on any atom is -0.493 e. The average Bonchev–Trinajstić information content (AvgIpc) is 3.19. The molecule has 0 atom stereocenters. The lowest BCUT2D eigenvalue weighted by molar-refractivity contribution is 0.324. The van der Waals surface area contributed by atoms with E-state index in [1.807, 2.05) is 48.5 Å². The third kappa shape index (κ3) is 4.32. The number of fused-ring (bicyclic) bond motifs is 1. The van der Waals surface area contributed by atoms with Crippen LogP contribution in [-0.4, -0.2) is 43.4 Å². The van der Waals surface area contributed by atoms with Gasteiger partial charge in [0.1, 0.15) is 18.2 Å². The number of aromatic nitrogens is 2. The number of hydrogen-bond acceptors (Lipinski definition) is 5. The van der Waals surface area contributed by atoms with Crippen molar-refractivity contribution in [2.45, 2.75) is 6.54 Å². The molecule has 3 aromatic carbocycles. The fraction of sp³-hybridized carbons (Fsp3) is 0.240. The first-order valence-electron chi connectivity index (χ1n) is 10.2. The quantitative estimate of drug-likeness (QED) is 0.318. The van der Waals surface area contributed by atoms with Gasteiger partial charge in [0.2, 0.25) is 5.75 Å². The van der Waals surface area contributed by atoms with Gasteiger partial charge >= 0.3 is 0 Å². The largest absolute Gasteiger partial charge is 0.493 e. The summed E-state index contributed by atoms with van der Waals surface area (Å²) in [4.78, 5) is 4.94. The molecule has 0 aliphatic rings. The van der Waals surface area contributed by atoms with Crippen molar-refractivity contribution >= 4 is 22.6 Å². The average molecular weight is 453 g/mol. The summed E-state index contributed by atoms with van der Waals surface area (Å²) in [5.74, 6) is 3.66. The van der Waals surface area contributed by atoms with Crippen LogP contribution in [0.5, 0.6) is 23.0 Å². The highest BCUT2D eigenvalue weighted by molar-refractivity contribution is 6.18. The summed E-state index contributed by atoms with van der Waals surface area (Å²) in [6.45, 7) is 1.09. The van der Waals surface area contributed by atoms with Gasteiger partial charge in [-0.3, -0.25) is 0 Å². The number of hydrogen-bond donors (Lipinski definition) is 0. The SMILES string of the molecule is COc1cc(-c2nc3ccc(OCCCl)cc3n2Cc2ccccc2)cc(OC)c1OC. The normalized spacial score (nSPS) is 10.9. The summed E-state index contributed by atoms with van der Waals surface area (Å²) >= 11 is 5.80. The number of methoxy groups -OCH3 is 3. The molecule has 1 heterocycles. The number of nitrogens with zero attached hydrogens (tertiary/aromatic N) is 2. The number of rotatable bonds is 9. The second-order valence-corrected chi connectivity index (χ2v) is 7.49. The van der Waals surface area contributed by atoms with Crippen molar-refractivity contribution in [3.63, 3.8) is 0 Å². The number of halogens is 1. The van der Waals surface area contributed by atoms with Crippen LogP contribution in [0.1, 0.15) is 5.56 Å². The zero-order chi connectivity index (χ0) is 22.5. The van der Waals surface area contributed by atoms with Gasteiger partial charge in [-0.05, 0) is 29.8 Å². The van der Waals surface area contributed by atoms with Crippen LogP contribution in [0.2, 0.25) is 0 Å². The van der Waals surface area contributed by atoms with Gasteiger partial charge in [0.05, 0.1) is 38.2 Å². The minimum absolute atomic E-state index is 0.429. The zero-order valence-electron chi connectivity index (χ0n) is 18.3. The van der Waals surface area contributed by atoms with Crippen molar-refractivity contribution < 1.29 is 18.9 Å². The highest BCUT2D eigenvalue weighted by atomic mass is 35.5. The van der Waals surface area contributed by atoms with E-state index in [1.165, 1.54) is 0 Å². The molecule has 4 rings (SSSR count). The number of imidazole rings is 1. The van der Waals surface area contributed by atoms with E-state index in [4.69, 9.17) is 35.5 Å². The van der Waals surface area contributed by atoms with Gasteiger partial charge in [-0.2, -0.15) is 0 Å². The molecule has 0 unspecified atom stereocenters. The Labute approximate surface area is 192 Å². The molecule has 0 aliphatic carbocycles. The van der Waals surface area contributed by atoms with E-state index in [0.29, 0.717) is 36.3 Å². The molecule has 0 spiro atoms. The first kappa shape index (κ1) is 21.8. The summed E-state index contributed by atoms with van der Waals surface area (Å²) in [5, 5.41) is 0.